The Labute approximate surface area is 99.7 Å². The van der Waals surface area contributed by atoms with Crippen LogP contribution in [0.2, 0.25) is 0 Å². The molecule has 17 heavy (non-hydrogen) atoms. The first-order valence-corrected chi connectivity index (χ1v) is 5.93. The van der Waals surface area contributed by atoms with Crippen molar-refractivity contribution in [2.75, 3.05) is 6.61 Å². The molecule has 0 aromatic heterocycles. The molecule has 0 saturated carbocycles. The van der Waals surface area contributed by atoms with Crippen LogP contribution in [0.4, 0.5) is 0 Å². The molecular formula is C11H18O6. The van der Waals surface area contributed by atoms with Crippen LogP contribution in [0, 0.1) is 0 Å². The summed E-state index contributed by atoms with van der Waals surface area (Å²) in [5.74, 6) is -0.695. The van der Waals surface area contributed by atoms with E-state index in [0.29, 0.717) is 0 Å². The molecule has 3 aliphatic heterocycles. The molecule has 3 saturated heterocycles. The van der Waals surface area contributed by atoms with Crippen molar-refractivity contribution in [1.82, 2.24) is 0 Å². The smallest absolute Gasteiger partial charge is 0.190 e. The molecule has 3 rings (SSSR count). The van der Waals surface area contributed by atoms with Gasteiger partial charge in [0.05, 0.1) is 6.61 Å². The minimum absolute atomic E-state index is 0.121. The Kier molecular flexibility index (Phi) is 2.70. The minimum atomic E-state index is -0.695. The lowest BCUT2D eigenvalue weighted by molar-refractivity contribution is -0.238. The van der Waals surface area contributed by atoms with Gasteiger partial charge in [0, 0.05) is 0 Å². The van der Waals surface area contributed by atoms with Crippen LogP contribution in [0.1, 0.15) is 20.8 Å². The van der Waals surface area contributed by atoms with E-state index in [4.69, 9.17) is 23.7 Å². The van der Waals surface area contributed by atoms with Crippen LogP contribution < -0.4 is 0 Å². The first-order chi connectivity index (χ1) is 8.00. The number of aliphatic hydroxyl groups excluding tert-OH is 1. The summed E-state index contributed by atoms with van der Waals surface area (Å²) >= 11 is 0. The number of fused-ring (bicyclic) bond motifs is 3. The molecule has 6 atom stereocenters. The lowest BCUT2D eigenvalue weighted by Crippen LogP contribution is -2.56. The third kappa shape index (κ3) is 1.89. The lowest BCUT2D eigenvalue weighted by Gasteiger charge is -2.36. The van der Waals surface area contributed by atoms with Crippen molar-refractivity contribution < 1.29 is 28.8 Å². The van der Waals surface area contributed by atoms with Gasteiger partial charge >= 0.3 is 0 Å². The maximum absolute atomic E-state index is 9.32. The fraction of sp³-hybridized carbons (Fsp3) is 1.00. The second-order valence-corrected chi connectivity index (χ2v) is 5.09. The second-order valence-electron chi connectivity index (χ2n) is 5.09. The van der Waals surface area contributed by atoms with Crippen molar-refractivity contribution in [1.29, 1.82) is 0 Å². The topological polar surface area (TPSA) is 66.4 Å². The van der Waals surface area contributed by atoms with Crippen molar-refractivity contribution in [3.63, 3.8) is 0 Å². The van der Waals surface area contributed by atoms with Gasteiger partial charge in [-0.2, -0.15) is 0 Å². The largest absolute Gasteiger partial charge is 0.394 e. The van der Waals surface area contributed by atoms with Gasteiger partial charge < -0.3 is 28.8 Å². The van der Waals surface area contributed by atoms with E-state index in [9.17, 15) is 5.11 Å². The van der Waals surface area contributed by atoms with E-state index in [1.807, 2.05) is 20.8 Å². The van der Waals surface area contributed by atoms with Gasteiger partial charge in [0.25, 0.3) is 0 Å². The van der Waals surface area contributed by atoms with E-state index < -0.39 is 18.2 Å². The number of ether oxygens (including phenoxy) is 5. The molecule has 1 unspecified atom stereocenters. The van der Waals surface area contributed by atoms with Gasteiger partial charge in [-0.1, -0.05) is 0 Å². The van der Waals surface area contributed by atoms with E-state index in [0.717, 1.165) is 0 Å². The minimum Gasteiger partial charge on any atom is -0.394 e. The fourth-order valence-corrected chi connectivity index (χ4v) is 2.67. The van der Waals surface area contributed by atoms with E-state index >= 15 is 0 Å². The molecule has 0 aliphatic carbocycles. The lowest BCUT2D eigenvalue weighted by atomic mass is 9.99. The Balaban J connectivity index is 1.84. The zero-order valence-corrected chi connectivity index (χ0v) is 10.2. The highest BCUT2D eigenvalue weighted by Gasteiger charge is 2.58. The van der Waals surface area contributed by atoms with Crippen LogP contribution in [0.25, 0.3) is 0 Å². The summed E-state index contributed by atoms with van der Waals surface area (Å²) in [5, 5.41) is 9.32. The van der Waals surface area contributed by atoms with Gasteiger partial charge in [0.2, 0.25) is 0 Å². The van der Waals surface area contributed by atoms with E-state index in [-0.39, 0.29) is 31.2 Å². The normalized spacial score (nSPS) is 52.2. The van der Waals surface area contributed by atoms with Gasteiger partial charge in [-0.3, -0.25) is 0 Å². The van der Waals surface area contributed by atoms with Crippen molar-refractivity contribution in [2.24, 2.45) is 0 Å². The maximum Gasteiger partial charge on any atom is 0.190 e. The number of rotatable bonds is 1. The SMILES string of the molecule is CC1O[C@H]2[C@@H](O1)[C@@H](CO)O[C@@H]1OC(C)(C)O[C@@H]12. The molecular weight excluding hydrogens is 228 g/mol. The molecule has 0 amide bonds. The molecule has 98 valence electrons. The first-order valence-electron chi connectivity index (χ1n) is 5.93. The summed E-state index contributed by atoms with van der Waals surface area (Å²) in [6.07, 6.45) is -2.09. The molecule has 3 fully saturated rings. The molecule has 0 bridgehead atoms. The van der Waals surface area contributed by atoms with Crippen LogP contribution in [0.5, 0.6) is 0 Å². The Morgan fingerprint density at radius 1 is 1.00 bits per heavy atom. The van der Waals surface area contributed by atoms with Gasteiger partial charge in [0.1, 0.15) is 24.4 Å². The molecule has 3 aliphatic rings. The number of hydrogen-bond donors (Lipinski definition) is 1. The third-order valence-electron chi connectivity index (χ3n) is 3.29. The quantitative estimate of drug-likeness (QED) is 0.701. The van der Waals surface area contributed by atoms with Crippen LogP contribution in [-0.4, -0.2) is 54.5 Å². The monoisotopic (exact) mass is 246 g/mol. The van der Waals surface area contributed by atoms with E-state index in [2.05, 4.69) is 0 Å². The molecule has 3 heterocycles. The van der Waals surface area contributed by atoms with Gasteiger partial charge in [-0.25, -0.2) is 0 Å². The van der Waals surface area contributed by atoms with Gasteiger partial charge in [0.15, 0.2) is 18.4 Å². The number of aliphatic hydroxyl groups is 1. The van der Waals surface area contributed by atoms with Crippen molar-refractivity contribution in [2.45, 2.75) is 63.6 Å². The van der Waals surface area contributed by atoms with Gasteiger partial charge in [-0.15, -0.1) is 0 Å². The molecule has 0 aromatic carbocycles. The van der Waals surface area contributed by atoms with Gasteiger partial charge in [-0.05, 0) is 20.8 Å². The van der Waals surface area contributed by atoms with E-state index in [1.165, 1.54) is 0 Å². The van der Waals surface area contributed by atoms with Crippen LogP contribution in [0.3, 0.4) is 0 Å². The van der Waals surface area contributed by atoms with Crippen molar-refractivity contribution in [3.8, 4) is 0 Å². The van der Waals surface area contributed by atoms with Crippen LogP contribution in [-0.2, 0) is 23.7 Å². The Morgan fingerprint density at radius 2 is 1.71 bits per heavy atom. The Morgan fingerprint density at radius 3 is 2.41 bits per heavy atom. The molecule has 1 N–H and O–H groups in total. The summed E-state index contributed by atoms with van der Waals surface area (Å²) in [6.45, 7) is 5.36. The third-order valence-corrected chi connectivity index (χ3v) is 3.29. The standard InChI is InChI=1S/C11H18O6/c1-5-13-7-6(4-12)15-10-9(8(7)14-5)16-11(2,3)17-10/h5-10,12H,4H2,1-3H3/t5?,6-,7+,8+,9-,10-/m1/s1. The highest BCUT2D eigenvalue weighted by Crippen LogP contribution is 2.41. The maximum atomic E-state index is 9.32. The Bertz CT molecular complexity index is 306. The zero-order valence-electron chi connectivity index (χ0n) is 10.2. The summed E-state index contributed by atoms with van der Waals surface area (Å²) in [6, 6.07) is 0. The summed E-state index contributed by atoms with van der Waals surface area (Å²) in [5.41, 5.74) is 0. The molecule has 0 spiro atoms. The van der Waals surface area contributed by atoms with E-state index in [1.54, 1.807) is 0 Å². The average molecular weight is 246 g/mol. The zero-order chi connectivity index (χ0) is 12.2. The van der Waals surface area contributed by atoms with Crippen LogP contribution in [0.15, 0.2) is 0 Å². The first kappa shape index (κ1) is 11.8. The van der Waals surface area contributed by atoms with Crippen molar-refractivity contribution >= 4 is 0 Å². The summed E-state index contributed by atoms with van der Waals surface area (Å²) in [4.78, 5) is 0. The highest BCUT2D eigenvalue weighted by atomic mass is 16.9. The fourth-order valence-electron chi connectivity index (χ4n) is 2.67. The average Bonchev–Trinajstić information content (AvgIpc) is 2.75. The molecule has 0 radical (unpaired) electrons. The molecule has 6 heteroatoms. The predicted molar refractivity (Wildman–Crippen MR) is 55.0 cm³/mol. The molecule has 6 nitrogen and oxygen atoms in total. The Hall–Kier alpha value is -0.240. The number of hydrogen-bond acceptors (Lipinski definition) is 6. The highest BCUT2D eigenvalue weighted by molar-refractivity contribution is 4.98. The summed E-state index contributed by atoms with van der Waals surface area (Å²) in [7, 11) is 0. The van der Waals surface area contributed by atoms with Crippen molar-refractivity contribution in [3.05, 3.63) is 0 Å². The second kappa shape index (κ2) is 3.88. The summed E-state index contributed by atoms with van der Waals surface area (Å²) < 4.78 is 28.4. The van der Waals surface area contributed by atoms with Crippen LogP contribution >= 0.6 is 0 Å². The molecule has 0 aromatic rings. The predicted octanol–water partition coefficient (Wildman–Crippen LogP) is -0.0149.